The maximum Gasteiger partial charge on any atom is 0.00209 e. The van der Waals surface area contributed by atoms with Crippen LogP contribution in [-0.4, -0.2) is 0 Å². The second-order valence-corrected chi connectivity index (χ2v) is 4.43. The summed E-state index contributed by atoms with van der Waals surface area (Å²) in [6.07, 6.45) is 11.2. The van der Waals surface area contributed by atoms with Gasteiger partial charge < -0.3 is 0 Å². The van der Waals surface area contributed by atoms with Gasteiger partial charge in [0.1, 0.15) is 0 Å². The quantitative estimate of drug-likeness (QED) is 0.497. The van der Waals surface area contributed by atoms with Crippen LogP contribution in [0.1, 0.15) is 49.7 Å². The predicted octanol–water partition coefficient (Wildman–Crippen LogP) is 4.46. The van der Waals surface area contributed by atoms with Gasteiger partial charge in [0.15, 0.2) is 0 Å². The first kappa shape index (κ1) is 10.5. The summed E-state index contributed by atoms with van der Waals surface area (Å²) in [4.78, 5) is 0. The van der Waals surface area contributed by atoms with Crippen molar-refractivity contribution in [2.45, 2.75) is 44.9 Å². The van der Waals surface area contributed by atoms with Crippen molar-refractivity contribution in [2.24, 2.45) is 0 Å². The number of rotatable bonds is 4. The number of hydrogen-bond acceptors (Lipinski definition) is 0. The highest BCUT2D eigenvalue weighted by atomic mass is 14.2. The summed E-state index contributed by atoms with van der Waals surface area (Å²) >= 11 is 0. The average Bonchev–Trinajstić information content (AvgIpc) is 2.30. The Labute approximate surface area is 93.0 Å². The minimum atomic E-state index is 0.682. The van der Waals surface area contributed by atoms with E-state index in [0.29, 0.717) is 5.92 Å². The average molecular weight is 200 g/mol. The molecule has 1 aliphatic carbocycles. The zero-order valence-electron chi connectivity index (χ0n) is 9.58. The standard InChI is InChI=1S/C15H20/c1-2-3-4-8-13-10-7-11-14-9-5-6-12-15(13)14/h5-7,9-10,12-13H,2-4,8,11H2,1H3. The van der Waals surface area contributed by atoms with Crippen molar-refractivity contribution < 1.29 is 0 Å². The normalized spacial score (nSPS) is 18.9. The number of hydrogen-bond donors (Lipinski definition) is 0. The summed E-state index contributed by atoms with van der Waals surface area (Å²) in [7, 11) is 0. The van der Waals surface area contributed by atoms with Crippen molar-refractivity contribution in [3.05, 3.63) is 47.5 Å². The summed E-state index contributed by atoms with van der Waals surface area (Å²) in [6.45, 7) is 2.27. The van der Waals surface area contributed by atoms with Crippen molar-refractivity contribution in [2.75, 3.05) is 0 Å². The van der Waals surface area contributed by atoms with Crippen LogP contribution in [0.5, 0.6) is 0 Å². The minimum Gasteiger partial charge on any atom is -0.0835 e. The fraction of sp³-hybridized carbons (Fsp3) is 0.467. The van der Waals surface area contributed by atoms with E-state index >= 15 is 0 Å². The maximum atomic E-state index is 2.40. The Bertz CT molecular complexity index is 336. The van der Waals surface area contributed by atoms with Gasteiger partial charge in [-0.1, -0.05) is 62.6 Å². The van der Waals surface area contributed by atoms with Gasteiger partial charge in [0.2, 0.25) is 0 Å². The molecule has 80 valence electrons. The van der Waals surface area contributed by atoms with Crippen LogP contribution in [0, 0.1) is 0 Å². The number of benzene rings is 1. The van der Waals surface area contributed by atoms with Gasteiger partial charge in [-0.2, -0.15) is 0 Å². The molecule has 1 aromatic carbocycles. The van der Waals surface area contributed by atoms with E-state index < -0.39 is 0 Å². The van der Waals surface area contributed by atoms with E-state index in [1.54, 1.807) is 5.56 Å². The molecule has 1 aromatic rings. The Morgan fingerprint density at radius 3 is 2.93 bits per heavy atom. The van der Waals surface area contributed by atoms with Crippen LogP contribution >= 0.6 is 0 Å². The van der Waals surface area contributed by atoms with E-state index in [0.717, 1.165) is 6.42 Å². The Balaban J connectivity index is 2.05. The van der Waals surface area contributed by atoms with Gasteiger partial charge in [0.05, 0.1) is 0 Å². The van der Waals surface area contributed by atoms with Crippen LogP contribution in [0.4, 0.5) is 0 Å². The monoisotopic (exact) mass is 200 g/mol. The molecule has 1 aliphatic rings. The fourth-order valence-corrected chi connectivity index (χ4v) is 2.41. The summed E-state index contributed by atoms with van der Waals surface area (Å²) in [5.41, 5.74) is 3.10. The van der Waals surface area contributed by atoms with E-state index in [1.165, 1.54) is 31.2 Å². The molecule has 1 atom stereocenters. The molecule has 0 radical (unpaired) electrons. The molecule has 0 bridgehead atoms. The van der Waals surface area contributed by atoms with Crippen LogP contribution in [-0.2, 0) is 6.42 Å². The molecule has 0 heteroatoms. The first-order valence-electron chi connectivity index (χ1n) is 6.16. The molecular formula is C15H20. The molecule has 0 aliphatic heterocycles. The van der Waals surface area contributed by atoms with Gasteiger partial charge in [0.25, 0.3) is 0 Å². The molecule has 2 rings (SSSR count). The lowest BCUT2D eigenvalue weighted by Gasteiger charge is -2.20. The Kier molecular flexibility index (Phi) is 3.60. The molecular weight excluding hydrogens is 180 g/mol. The van der Waals surface area contributed by atoms with E-state index in [-0.39, 0.29) is 0 Å². The Morgan fingerprint density at radius 2 is 2.07 bits per heavy atom. The van der Waals surface area contributed by atoms with Crippen LogP contribution < -0.4 is 0 Å². The first-order valence-corrected chi connectivity index (χ1v) is 6.16. The van der Waals surface area contributed by atoms with E-state index in [9.17, 15) is 0 Å². The highest BCUT2D eigenvalue weighted by molar-refractivity contribution is 5.37. The predicted molar refractivity (Wildman–Crippen MR) is 66.2 cm³/mol. The summed E-state index contributed by atoms with van der Waals surface area (Å²) < 4.78 is 0. The lowest BCUT2D eigenvalue weighted by Crippen LogP contribution is -2.04. The number of fused-ring (bicyclic) bond motifs is 1. The van der Waals surface area contributed by atoms with E-state index in [2.05, 4.69) is 43.3 Å². The van der Waals surface area contributed by atoms with Crippen molar-refractivity contribution >= 4 is 0 Å². The van der Waals surface area contributed by atoms with Crippen molar-refractivity contribution in [1.29, 1.82) is 0 Å². The highest BCUT2D eigenvalue weighted by Gasteiger charge is 2.14. The second-order valence-electron chi connectivity index (χ2n) is 4.43. The van der Waals surface area contributed by atoms with Gasteiger partial charge in [-0.25, -0.2) is 0 Å². The van der Waals surface area contributed by atoms with Crippen molar-refractivity contribution in [3.8, 4) is 0 Å². The third kappa shape index (κ3) is 2.50. The molecule has 0 aromatic heterocycles. The molecule has 0 nitrogen and oxygen atoms in total. The molecule has 0 fully saturated rings. The van der Waals surface area contributed by atoms with Gasteiger partial charge in [0, 0.05) is 5.92 Å². The largest absolute Gasteiger partial charge is 0.0835 e. The smallest absolute Gasteiger partial charge is 0.00209 e. The van der Waals surface area contributed by atoms with Crippen LogP contribution in [0.25, 0.3) is 0 Å². The van der Waals surface area contributed by atoms with Crippen molar-refractivity contribution in [3.63, 3.8) is 0 Å². The van der Waals surface area contributed by atoms with Crippen LogP contribution in [0.15, 0.2) is 36.4 Å². The molecule has 15 heavy (non-hydrogen) atoms. The van der Waals surface area contributed by atoms with Gasteiger partial charge in [-0.3, -0.25) is 0 Å². The minimum absolute atomic E-state index is 0.682. The van der Waals surface area contributed by atoms with Crippen LogP contribution in [0.3, 0.4) is 0 Å². The lowest BCUT2D eigenvalue weighted by molar-refractivity contribution is 0.621. The summed E-state index contributed by atoms with van der Waals surface area (Å²) in [6, 6.07) is 8.90. The molecule has 0 heterocycles. The van der Waals surface area contributed by atoms with E-state index in [4.69, 9.17) is 0 Å². The van der Waals surface area contributed by atoms with Gasteiger partial charge in [-0.05, 0) is 24.0 Å². The lowest BCUT2D eigenvalue weighted by atomic mass is 9.85. The first-order chi connectivity index (χ1) is 7.42. The zero-order chi connectivity index (χ0) is 10.5. The third-order valence-electron chi connectivity index (χ3n) is 3.28. The molecule has 1 unspecified atom stereocenters. The highest BCUT2D eigenvalue weighted by Crippen LogP contribution is 2.30. The number of unbranched alkanes of at least 4 members (excludes halogenated alkanes) is 2. The van der Waals surface area contributed by atoms with E-state index in [1.807, 2.05) is 0 Å². The molecule has 0 saturated heterocycles. The third-order valence-corrected chi connectivity index (χ3v) is 3.28. The molecule has 0 N–H and O–H groups in total. The second kappa shape index (κ2) is 5.16. The SMILES string of the molecule is CCCCCC1C=CCc2ccccc21. The van der Waals surface area contributed by atoms with Gasteiger partial charge in [-0.15, -0.1) is 0 Å². The van der Waals surface area contributed by atoms with Gasteiger partial charge >= 0.3 is 0 Å². The zero-order valence-corrected chi connectivity index (χ0v) is 9.58. The molecule has 0 spiro atoms. The van der Waals surface area contributed by atoms with Crippen molar-refractivity contribution in [1.82, 2.24) is 0 Å². The molecule has 0 amide bonds. The Morgan fingerprint density at radius 1 is 1.20 bits per heavy atom. The Hall–Kier alpha value is -1.04. The maximum absolute atomic E-state index is 2.40. The summed E-state index contributed by atoms with van der Waals surface area (Å²) in [5, 5.41) is 0. The van der Waals surface area contributed by atoms with Crippen LogP contribution in [0.2, 0.25) is 0 Å². The molecule has 0 saturated carbocycles. The topological polar surface area (TPSA) is 0 Å². The summed E-state index contributed by atoms with van der Waals surface area (Å²) in [5.74, 6) is 0.682. The fourth-order valence-electron chi connectivity index (χ4n) is 2.41. The number of allylic oxidation sites excluding steroid dienone is 2.